The highest BCUT2D eigenvalue weighted by molar-refractivity contribution is 5.79. The Morgan fingerprint density at radius 1 is 1.22 bits per heavy atom. The molecule has 0 N–H and O–H groups in total. The average Bonchev–Trinajstić information content (AvgIpc) is 2.33. The molecule has 18 heavy (non-hydrogen) atoms. The minimum Gasteiger partial charge on any atom is -0.379 e. The van der Waals surface area contributed by atoms with E-state index < -0.39 is 0 Å². The zero-order chi connectivity index (χ0) is 12.8. The molecule has 2 rings (SSSR count). The van der Waals surface area contributed by atoms with Crippen molar-refractivity contribution in [1.82, 2.24) is 4.90 Å². The molecule has 2 fully saturated rings. The van der Waals surface area contributed by atoms with Crippen LogP contribution in [0.4, 0.5) is 0 Å². The van der Waals surface area contributed by atoms with Crippen molar-refractivity contribution in [3.8, 4) is 0 Å². The van der Waals surface area contributed by atoms with Crippen molar-refractivity contribution < 1.29 is 14.3 Å². The van der Waals surface area contributed by atoms with Crippen LogP contribution < -0.4 is 0 Å². The second kappa shape index (κ2) is 7.10. The molecule has 104 valence electrons. The first-order chi connectivity index (χ1) is 8.81. The summed E-state index contributed by atoms with van der Waals surface area (Å²) >= 11 is 0. The summed E-state index contributed by atoms with van der Waals surface area (Å²) in [5, 5.41) is 0. The number of carbonyl (C=O) groups excluding carboxylic acids is 1. The van der Waals surface area contributed by atoms with Crippen molar-refractivity contribution in [2.75, 3.05) is 32.9 Å². The summed E-state index contributed by atoms with van der Waals surface area (Å²) in [7, 11) is 0. The molecule has 1 amide bonds. The Balaban J connectivity index is 1.68. The smallest absolute Gasteiger partial charge is 0.225 e. The second-order valence-corrected chi connectivity index (χ2v) is 5.24. The molecule has 1 atom stereocenters. The van der Waals surface area contributed by atoms with E-state index in [2.05, 4.69) is 0 Å². The van der Waals surface area contributed by atoms with Crippen LogP contribution in [-0.2, 0) is 14.3 Å². The van der Waals surface area contributed by atoms with Crippen molar-refractivity contribution in [2.24, 2.45) is 5.92 Å². The van der Waals surface area contributed by atoms with Gasteiger partial charge in [-0.1, -0.05) is 6.42 Å². The highest BCUT2D eigenvalue weighted by atomic mass is 16.5. The van der Waals surface area contributed by atoms with E-state index in [0.717, 1.165) is 45.4 Å². The number of nitrogens with zero attached hydrogens (tertiary/aromatic N) is 1. The Morgan fingerprint density at radius 2 is 2.06 bits per heavy atom. The van der Waals surface area contributed by atoms with Gasteiger partial charge in [0.15, 0.2) is 0 Å². The maximum Gasteiger partial charge on any atom is 0.225 e. The molecule has 0 aromatic carbocycles. The zero-order valence-corrected chi connectivity index (χ0v) is 11.4. The van der Waals surface area contributed by atoms with Gasteiger partial charge in [-0.3, -0.25) is 4.79 Å². The summed E-state index contributed by atoms with van der Waals surface area (Å²) in [6.07, 6.45) is 5.75. The Morgan fingerprint density at radius 3 is 2.72 bits per heavy atom. The highest BCUT2D eigenvalue weighted by Gasteiger charge is 2.32. The number of hydrogen-bond donors (Lipinski definition) is 0. The van der Waals surface area contributed by atoms with E-state index in [1.165, 1.54) is 6.42 Å². The van der Waals surface area contributed by atoms with E-state index in [4.69, 9.17) is 9.47 Å². The summed E-state index contributed by atoms with van der Waals surface area (Å²) in [6.45, 7) is 5.72. The lowest BCUT2D eigenvalue weighted by Crippen LogP contribution is -2.47. The Hall–Kier alpha value is -0.610. The molecule has 1 saturated carbocycles. The number of likely N-dealkylation sites (tertiary alicyclic amines) is 1. The molecule has 1 aliphatic heterocycles. The van der Waals surface area contributed by atoms with Crippen molar-refractivity contribution >= 4 is 5.91 Å². The minimum atomic E-state index is 0.211. The van der Waals surface area contributed by atoms with Gasteiger partial charge in [-0.2, -0.15) is 0 Å². The van der Waals surface area contributed by atoms with Gasteiger partial charge in [-0.25, -0.2) is 0 Å². The third-order valence-corrected chi connectivity index (χ3v) is 3.93. The molecule has 0 radical (unpaired) electrons. The second-order valence-electron chi connectivity index (χ2n) is 5.24. The molecule has 0 aromatic rings. The standard InChI is InChI=1S/C14H25NO3/c1-2-17-9-10-18-13-7-4-8-15(11-13)14(16)12-5-3-6-12/h12-13H,2-11H2,1H3. The first-order valence-electron chi connectivity index (χ1n) is 7.29. The van der Waals surface area contributed by atoms with E-state index in [0.29, 0.717) is 25.0 Å². The number of ether oxygens (including phenoxy) is 2. The quantitative estimate of drug-likeness (QED) is 0.680. The van der Waals surface area contributed by atoms with Gasteiger partial charge in [-0.05, 0) is 32.6 Å². The molecule has 1 unspecified atom stereocenters. The summed E-state index contributed by atoms with van der Waals surface area (Å²) in [4.78, 5) is 14.2. The Labute approximate surface area is 110 Å². The van der Waals surface area contributed by atoms with Gasteiger partial charge >= 0.3 is 0 Å². The molecule has 4 nitrogen and oxygen atoms in total. The van der Waals surface area contributed by atoms with Crippen LogP contribution in [0.25, 0.3) is 0 Å². The predicted molar refractivity (Wildman–Crippen MR) is 69.4 cm³/mol. The van der Waals surface area contributed by atoms with Crippen molar-refractivity contribution in [1.29, 1.82) is 0 Å². The van der Waals surface area contributed by atoms with E-state index in [1.807, 2.05) is 11.8 Å². The van der Waals surface area contributed by atoms with Crippen LogP contribution in [0.5, 0.6) is 0 Å². The van der Waals surface area contributed by atoms with E-state index >= 15 is 0 Å². The third-order valence-electron chi connectivity index (χ3n) is 3.93. The maximum absolute atomic E-state index is 12.1. The largest absolute Gasteiger partial charge is 0.379 e. The average molecular weight is 255 g/mol. The van der Waals surface area contributed by atoms with Crippen LogP contribution in [0, 0.1) is 5.92 Å². The van der Waals surface area contributed by atoms with Gasteiger partial charge in [0.05, 0.1) is 19.3 Å². The first kappa shape index (κ1) is 13.8. The number of amides is 1. The van der Waals surface area contributed by atoms with E-state index in [-0.39, 0.29) is 6.10 Å². The van der Waals surface area contributed by atoms with Gasteiger partial charge < -0.3 is 14.4 Å². The molecule has 2 aliphatic rings. The van der Waals surface area contributed by atoms with Gasteiger partial charge in [-0.15, -0.1) is 0 Å². The fraction of sp³-hybridized carbons (Fsp3) is 0.929. The lowest BCUT2D eigenvalue weighted by atomic mass is 9.84. The van der Waals surface area contributed by atoms with Crippen LogP contribution in [0.15, 0.2) is 0 Å². The molecule has 0 spiro atoms. The molecule has 1 saturated heterocycles. The molecular weight excluding hydrogens is 230 g/mol. The van der Waals surface area contributed by atoms with E-state index in [1.54, 1.807) is 0 Å². The first-order valence-corrected chi connectivity index (χ1v) is 7.29. The number of piperidine rings is 1. The number of carbonyl (C=O) groups is 1. The molecule has 0 bridgehead atoms. The highest BCUT2D eigenvalue weighted by Crippen LogP contribution is 2.29. The van der Waals surface area contributed by atoms with Gasteiger partial charge in [0.2, 0.25) is 5.91 Å². The van der Waals surface area contributed by atoms with Crippen molar-refractivity contribution in [3.05, 3.63) is 0 Å². The molecule has 4 heteroatoms. The van der Waals surface area contributed by atoms with Gasteiger partial charge in [0.25, 0.3) is 0 Å². The Kier molecular flexibility index (Phi) is 5.45. The third kappa shape index (κ3) is 3.69. The van der Waals surface area contributed by atoms with Crippen molar-refractivity contribution in [3.63, 3.8) is 0 Å². The molecule has 1 heterocycles. The SMILES string of the molecule is CCOCCOC1CCCN(C(=O)C2CCC2)C1. The summed E-state index contributed by atoms with van der Waals surface area (Å²) < 4.78 is 11.0. The van der Waals surface area contributed by atoms with Crippen LogP contribution in [0.2, 0.25) is 0 Å². The van der Waals surface area contributed by atoms with Gasteiger partial charge in [0.1, 0.15) is 0 Å². The summed E-state index contributed by atoms with van der Waals surface area (Å²) in [6, 6.07) is 0. The molecule has 1 aliphatic carbocycles. The Bertz CT molecular complexity index is 266. The lowest BCUT2D eigenvalue weighted by molar-refractivity contribution is -0.142. The van der Waals surface area contributed by atoms with Crippen LogP contribution in [0.3, 0.4) is 0 Å². The predicted octanol–water partition coefficient (Wildman–Crippen LogP) is 1.83. The van der Waals surface area contributed by atoms with E-state index in [9.17, 15) is 4.79 Å². The van der Waals surface area contributed by atoms with Gasteiger partial charge in [0, 0.05) is 25.6 Å². The van der Waals surface area contributed by atoms with Crippen LogP contribution in [0.1, 0.15) is 39.0 Å². The summed E-state index contributed by atoms with van der Waals surface area (Å²) in [5.74, 6) is 0.673. The normalized spacial score (nSPS) is 24.9. The monoisotopic (exact) mass is 255 g/mol. The molecular formula is C14H25NO3. The molecule has 0 aromatic heterocycles. The van der Waals surface area contributed by atoms with Crippen LogP contribution in [-0.4, -0.2) is 49.8 Å². The minimum absolute atomic E-state index is 0.211. The number of rotatable bonds is 6. The lowest BCUT2D eigenvalue weighted by Gasteiger charge is -2.37. The van der Waals surface area contributed by atoms with Crippen molar-refractivity contribution in [2.45, 2.75) is 45.1 Å². The van der Waals surface area contributed by atoms with Crippen LogP contribution >= 0.6 is 0 Å². The topological polar surface area (TPSA) is 38.8 Å². The maximum atomic E-state index is 12.1. The zero-order valence-electron chi connectivity index (χ0n) is 11.4. The summed E-state index contributed by atoms with van der Waals surface area (Å²) in [5.41, 5.74) is 0. The fourth-order valence-corrected chi connectivity index (χ4v) is 2.61. The fourth-order valence-electron chi connectivity index (χ4n) is 2.61. The number of hydrogen-bond acceptors (Lipinski definition) is 3.